The number of pyridine rings is 1. The number of hydrogen-bond acceptors (Lipinski definition) is 2. The van der Waals surface area contributed by atoms with Crippen molar-refractivity contribution in [2.24, 2.45) is 0 Å². The van der Waals surface area contributed by atoms with Crippen molar-refractivity contribution in [2.45, 2.75) is 13.5 Å². The molecule has 1 amide bonds. The number of amides is 1. The molecule has 2 aromatic rings. The van der Waals surface area contributed by atoms with Gasteiger partial charge in [-0.25, -0.2) is 0 Å². The van der Waals surface area contributed by atoms with Gasteiger partial charge in [0.2, 0.25) is 5.91 Å². The van der Waals surface area contributed by atoms with Gasteiger partial charge in [0.05, 0.1) is 0 Å². The first-order valence-corrected chi connectivity index (χ1v) is 6.54. The summed E-state index contributed by atoms with van der Waals surface area (Å²) in [5, 5.41) is 0. The van der Waals surface area contributed by atoms with Crippen LogP contribution in [0.25, 0.3) is 6.08 Å². The SMILES string of the molecule is Cc1ccccc1CN(C)C(=O)/C=C/c1ccncc1. The van der Waals surface area contributed by atoms with Crippen LogP contribution in [0.15, 0.2) is 54.9 Å². The van der Waals surface area contributed by atoms with Crippen molar-refractivity contribution in [1.82, 2.24) is 9.88 Å². The van der Waals surface area contributed by atoms with Crippen LogP contribution in [-0.4, -0.2) is 22.8 Å². The van der Waals surface area contributed by atoms with Crippen LogP contribution in [0, 0.1) is 6.92 Å². The third-order valence-electron chi connectivity index (χ3n) is 3.17. The van der Waals surface area contributed by atoms with Gasteiger partial charge in [0.25, 0.3) is 0 Å². The molecule has 0 spiro atoms. The molecule has 0 N–H and O–H groups in total. The van der Waals surface area contributed by atoms with E-state index in [9.17, 15) is 4.79 Å². The Morgan fingerprint density at radius 2 is 1.90 bits per heavy atom. The van der Waals surface area contributed by atoms with E-state index in [4.69, 9.17) is 0 Å². The van der Waals surface area contributed by atoms with E-state index in [1.165, 1.54) is 11.1 Å². The van der Waals surface area contributed by atoms with Gasteiger partial charge in [-0.1, -0.05) is 24.3 Å². The molecule has 0 radical (unpaired) electrons. The molecule has 0 aliphatic carbocycles. The van der Waals surface area contributed by atoms with Crippen LogP contribution in [0.1, 0.15) is 16.7 Å². The summed E-state index contributed by atoms with van der Waals surface area (Å²) in [7, 11) is 1.81. The molecule has 0 fully saturated rings. The first-order valence-electron chi connectivity index (χ1n) is 6.54. The topological polar surface area (TPSA) is 33.2 Å². The fourth-order valence-corrected chi connectivity index (χ4v) is 1.89. The molecule has 20 heavy (non-hydrogen) atoms. The number of rotatable bonds is 4. The molecular weight excluding hydrogens is 248 g/mol. The van der Waals surface area contributed by atoms with E-state index in [-0.39, 0.29) is 5.91 Å². The third-order valence-corrected chi connectivity index (χ3v) is 3.17. The minimum Gasteiger partial charge on any atom is -0.338 e. The second-order valence-electron chi connectivity index (χ2n) is 4.73. The number of aromatic nitrogens is 1. The molecule has 0 aliphatic rings. The fourth-order valence-electron chi connectivity index (χ4n) is 1.89. The van der Waals surface area contributed by atoms with Crippen LogP contribution >= 0.6 is 0 Å². The summed E-state index contributed by atoms with van der Waals surface area (Å²) >= 11 is 0. The second-order valence-corrected chi connectivity index (χ2v) is 4.73. The van der Waals surface area contributed by atoms with E-state index in [0.29, 0.717) is 6.54 Å². The fraction of sp³-hybridized carbons (Fsp3) is 0.176. The van der Waals surface area contributed by atoms with E-state index >= 15 is 0 Å². The van der Waals surface area contributed by atoms with Crippen LogP contribution in [0.4, 0.5) is 0 Å². The maximum Gasteiger partial charge on any atom is 0.246 e. The first-order chi connectivity index (χ1) is 9.66. The molecule has 102 valence electrons. The molecule has 2 rings (SSSR count). The van der Waals surface area contributed by atoms with E-state index in [0.717, 1.165) is 5.56 Å². The molecule has 0 atom stereocenters. The van der Waals surface area contributed by atoms with Crippen molar-refractivity contribution in [3.05, 3.63) is 71.6 Å². The zero-order chi connectivity index (χ0) is 14.4. The molecule has 1 heterocycles. The lowest BCUT2D eigenvalue weighted by Gasteiger charge is -2.16. The zero-order valence-electron chi connectivity index (χ0n) is 11.8. The Hall–Kier alpha value is -2.42. The van der Waals surface area contributed by atoms with E-state index < -0.39 is 0 Å². The van der Waals surface area contributed by atoms with E-state index in [1.807, 2.05) is 37.4 Å². The lowest BCUT2D eigenvalue weighted by atomic mass is 10.1. The Labute approximate surface area is 119 Å². The molecule has 0 unspecified atom stereocenters. The molecule has 0 saturated carbocycles. The molecule has 0 aliphatic heterocycles. The van der Waals surface area contributed by atoms with Crippen molar-refractivity contribution in [3.8, 4) is 0 Å². The van der Waals surface area contributed by atoms with Crippen molar-refractivity contribution in [3.63, 3.8) is 0 Å². The average Bonchev–Trinajstić information content (AvgIpc) is 2.48. The summed E-state index contributed by atoms with van der Waals surface area (Å²) in [6.45, 7) is 2.67. The van der Waals surface area contributed by atoms with Gasteiger partial charge >= 0.3 is 0 Å². The Morgan fingerprint density at radius 3 is 2.60 bits per heavy atom. The van der Waals surface area contributed by atoms with Crippen molar-refractivity contribution in [2.75, 3.05) is 7.05 Å². The van der Waals surface area contributed by atoms with E-state index in [2.05, 4.69) is 18.0 Å². The van der Waals surface area contributed by atoms with Gasteiger partial charge in [-0.2, -0.15) is 0 Å². The maximum absolute atomic E-state index is 12.1. The number of nitrogens with zero attached hydrogens (tertiary/aromatic N) is 2. The lowest BCUT2D eigenvalue weighted by Crippen LogP contribution is -2.24. The highest BCUT2D eigenvalue weighted by atomic mass is 16.2. The number of benzene rings is 1. The zero-order valence-corrected chi connectivity index (χ0v) is 11.8. The first kappa shape index (κ1) is 14.0. The molecule has 0 saturated heterocycles. The summed E-state index contributed by atoms with van der Waals surface area (Å²) in [6, 6.07) is 11.8. The monoisotopic (exact) mass is 266 g/mol. The number of carbonyl (C=O) groups excluding carboxylic acids is 1. The number of aryl methyl sites for hydroxylation is 1. The second kappa shape index (κ2) is 6.66. The largest absolute Gasteiger partial charge is 0.338 e. The van der Waals surface area contributed by atoms with Gasteiger partial charge in [0.1, 0.15) is 0 Å². The minimum atomic E-state index is -0.00920. The molecule has 3 nitrogen and oxygen atoms in total. The highest BCUT2D eigenvalue weighted by molar-refractivity contribution is 5.91. The number of likely N-dealkylation sites (N-methyl/N-ethyl adjacent to an activating group) is 1. The summed E-state index contributed by atoms with van der Waals surface area (Å²) in [5.74, 6) is -0.00920. The summed E-state index contributed by atoms with van der Waals surface area (Å²) in [5.41, 5.74) is 3.34. The van der Waals surface area contributed by atoms with Gasteiger partial charge in [-0.15, -0.1) is 0 Å². The Morgan fingerprint density at radius 1 is 1.20 bits per heavy atom. The third kappa shape index (κ3) is 3.79. The Bertz CT molecular complexity index is 605. The van der Waals surface area contributed by atoms with Crippen LogP contribution in [-0.2, 0) is 11.3 Å². The van der Waals surface area contributed by atoms with Crippen LogP contribution in [0.5, 0.6) is 0 Å². The van der Waals surface area contributed by atoms with Gasteiger partial charge in [0.15, 0.2) is 0 Å². The maximum atomic E-state index is 12.1. The van der Waals surface area contributed by atoms with Gasteiger partial charge in [-0.3, -0.25) is 9.78 Å². The van der Waals surface area contributed by atoms with Crippen LogP contribution in [0.3, 0.4) is 0 Å². The molecule has 0 bridgehead atoms. The predicted octanol–water partition coefficient (Wildman–Crippen LogP) is 3.06. The van der Waals surface area contributed by atoms with Crippen molar-refractivity contribution < 1.29 is 4.79 Å². The van der Waals surface area contributed by atoms with Crippen molar-refractivity contribution in [1.29, 1.82) is 0 Å². The molecule has 1 aromatic carbocycles. The highest BCUT2D eigenvalue weighted by Crippen LogP contribution is 2.10. The Balaban J connectivity index is 1.99. The molecular formula is C17H18N2O. The van der Waals surface area contributed by atoms with Crippen LogP contribution < -0.4 is 0 Å². The summed E-state index contributed by atoms with van der Waals surface area (Å²) in [4.78, 5) is 17.7. The average molecular weight is 266 g/mol. The normalized spacial score (nSPS) is 10.7. The highest BCUT2D eigenvalue weighted by Gasteiger charge is 2.06. The minimum absolute atomic E-state index is 0.00920. The van der Waals surface area contributed by atoms with Gasteiger partial charge in [-0.05, 0) is 41.8 Å². The summed E-state index contributed by atoms with van der Waals surface area (Å²) < 4.78 is 0. The van der Waals surface area contributed by atoms with Crippen LogP contribution in [0.2, 0.25) is 0 Å². The van der Waals surface area contributed by atoms with Gasteiger partial charge < -0.3 is 4.90 Å². The standard InChI is InChI=1S/C17H18N2O/c1-14-5-3-4-6-16(14)13-19(2)17(20)8-7-15-9-11-18-12-10-15/h3-12H,13H2,1-2H3/b8-7+. The molecule has 1 aromatic heterocycles. The number of carbonyl (C=O) groups is 1. The van der Waals surface area contributed by atoms with Gasteiger partial charge in [0, 0.05) is 32.1 Å². The van der Waals surface area contributed by atoms with E-state index in [1.54, 1.807) is 29.4 Å². The Kier molecular flexibility index (Phi) is 4.66. The smallest absolute Gasteiger partial charge is 0.246 e. The quantitative estimate of drug-likeness (QED) is 0.797. The summed E-state index contributed by atoms with van der Waals surface area (Å²) in [6.07, 6.45) is 6.81. The van der Waals surface area contributed by atoms with Crippen molar-refractivity contribution >= 4 is 12.0 Å². The lowest BCUT2D eigenvalue weighted by molar-refractivity contribution is -0.125. The predicted molar refractivity (Wildman–Crippen MR) is 80.9 cm³/mol. The molecule has 3 heteroatoms. The number of hydrogen-bond donors (Lipinski definition) is 0.